The number of benzene rings is 2. The van der Waals surface area contributed by atoms with E-state index in [1.54, 1.807) is 37.1 Å². The second kappa shape index (κ2) is 12.6. The van der Waals surface area contributed by atoms with Gasteiger partial charge in [0.2, 0.25) is 28.6 Å². The van der Waals surface area contributed by atoms with Gasteiger partial charge < -0.3 is 24.4 Å². The maximum Gasteiger partial charge on any atom is 0.242 e. The maximum atomic E-state index is 13.5. The number of rotatable bonds is 12. The molecule has 2 aromatic carbocycles. The monoisotopic (exact) mass is 559 g/mol. The van der Waals surface area contributed by atoms with Gasteiger partial charge >= 0.3 is 0 Å². The molecule has 1 fully saturated rings. The average molecular weight is 560 g/mol. The Balaban J connectivity index is 1.46. The molecule has 1 atom stereocenters. The second-order valence-electron chi connectivity index (χ2n) is 10.0. The molecular weight excluding hydrogens is 522 g/mol. The van der Waals surface area contributed by atoms with E-state index in [0.29, 0.717) is 22.9 Å². The van der Waals surface area contributed by atoms with Crippen molar-refractivity contribution in [1.82, 2.24) is 10.2 Å². The standard InChI is InChI=1S/C28H37N3O7S/c1-20(28(33)29-22-9-4-5-10-22)30(18-21-8-6-11-24(16-21)36-2)27(32)12-7-15-31(39(3,34)35)23-13-14-25-26(17-23)38-19-37-25/h6,8,11,13-14,16-17,20,22H,4-5,7,9-10,12,15,18-19H2,1-3H3,(H,29,33). The van der Waals surface area contributed by atoms with Gasteiger partial charge in [0, 0.05) is 31.6 Å². The minimum absolute atomic E-state index is 0.0710. The molecule has 0 saturated heterocycles. The molecule has 1 unspecified atom stereocenters. The topological polar surface area (TPSA) is 114 Å². The zero-order valence-electron chi connectivity index (χ0n) is 22.7. The molecule has 0 radical (unpaired) electrons. The molecule has 0 spiro atoms. The number of amides is 2. The molecule has 4 rings (SSSR count). The second-order valence-corrected chi connectivity index (χ2v) is 11.9. The molecule has 0 aromatic heterocycles. The lowest BCUT2D eigenvalue weighted by atomic mass is 10.1. The third-order valence-corrected chi connectivity index (χ3v) is 8.35. The first-order valence-electron chi connectivity index (χ1n) is 13.3. The molecule has 2 aromatic rings. The summed E-state index contributed by atoms with van der Waals surface area (Å²) >= 11 is 0. The molecule has 1 heterocycles. The number of carbonyl (C=O) groups is 2. The van der Waals surface area contributed by atoms with Gasteiger partial charge in [0.25, 0.3) is 0 Å². The van der Waals surface area contributed by atoms with Crippen molar-refractivity contribution in [2.24, 2.45) is 0 Å². The predicted octanol–water partition coefficient (Wildman–Crippen LogP) is 3.45. The minimum atomic E-state index is -3.62. The van der Waals surface area contributed by atoms with E-state index in [9.17, 15) is 18.0 Å². The lowest BCUT2D eigenvalue weighted by Crippen LogP contribution is -2.49. The van der Waals surface area contributed by atoms with Crippen LogP contribution in [0.15, 0.2) is 42.5 Å². The van der Waals surface area contributed by atoms with E-state index >= 15 is 0 Å². The summed E-state index contributed by atoms with van der Waals surface area (Å²) in [6, 6.07) is 11.8. The van der Waals surface area contributed by atoms with Crippen LogP contribution in [0.2, 0.25) is 0 Å². The molecule has 1 saturated carbocycles. The number of fused-ring (bicyclic) bond motifs is 1. The number of nitrogens with one attached hydrogen (secondary N) is 1. The summed E-state index contributed by atoms with van der Waals surface area (Å²) in [6.07, 6.45) is 5.54. The lowest BCUT2D eigenvalue weighted by molar-refractivity contribution is -0.141. The Morgan fingerprint density at radius 1 is 1.10 bits per heavy atom. The fourth-order valence-corrected chi connectivity index (χ4v) is 5.94. The molecule has 0 bridgehead atoms. The van der Waals surface area contributed by atoms with Crippen LogP contribution in [-0.4, -0.2) is 63.9 Å². The zero-order chi connectivity index (χ0) is 28.0. The molecule has 1 N–H and O–H groups in total. The number of methoxy groups -OCH3 is 1. The summed E-state index contributed by atoms with van der Waals surface area (Å²) in [4.78, 5) is 28.2. The van der Waals surface area contributed by atoms with Crippen molar-refractivity contribution >= 4 is 27.5 Å². The molecule has 212 valence electrons. The summed E-state index contributed by atoms with van der Waals surface area (Å²) in [6.45, 7) is 2.15. The van der Waals surface area contributed by atoms with Gasteiger partial charge in [-0.05, 0) is 56.0 Å². The molecule has 39 heavy (non-hydrogen) atoms. The quantitative estimate of drug-likeness (QED) is 0.424. The number of carbonyl (C=O) groups excluding carboxylic acids is 2. The van der Waals surface area contributed by atoms with E-state index < -0.39 is 16.1 Å². The van der Waals surface area contributed by atoms with Crippen LogP contribution in [0, 0.1) is 0 Å². The first-order chi connectivity index (χ1) is 18.7. The zero-order valence-corrected chi connectivity index (χ0v) is 23.5. The molecule has 11 heteroatoms. The highest BCUT2D eigenvalue weighted by Crippen LogP contribution is 2.36. The van der Waals surface area contributed by atoms with Crippen LogP contribution >= 0.6 is 0 Å². The van der Waals surface area contributed by atoms with E-state index in [1.165, 1.54) is 4.31 Å². The Morgan fingerprint density at radius 2 is 1.85 bits per heavy atom. The van der Waals surface area contributed by atoms with Crippen molar-refractivity contribution in [3.8, 4) is 17.2 Å². The van der Waals surface area contributed by atoms with Gasteiger partial charge in [0.15, 0.2) is 11.5 Å². The number of ether oxygens (including phenoxy) is 3. The Hall–Kier alpha value is -3.47. The summed E-state index contributed by atoms with van der Waals surface area (Å²) < 4.78 is 42.5. The molecule has 1 aliphatic heterocycles. The van der Waals surface area contributed by atoms with E-state index in [2.05, 4.69) is 5.32 Å². The number of sulfonamides is 1. The van der Waals surface area contributed by atoms with Gasteiger partial charge in [-0.2, -0.15) is 0 Å². The largest absolute Gasteiger partial charge is 0.497 e. The smallest absolute Gasteiger partial charge is 0.242 e. The highest BCUT2D eigenvalue weighted by atomic mass is 32.2. The van der Waals surface area contributed by atoms with Gasteiger partial charge in [0.1, 0.15) is 11.8 Å². The highest BCUT2D eigenvalue weighted by molar-refractivity contribution is 7.92. The number of hydrogen-bond acceptors (Lipinski definition) is 7. The van der Waals surface area contributed by atoms with Crippen LogP contribution in [-0.2, 0) is 26.2 Å². The maximum absolute atomic E-state index is 13.5. The van der Waals surface area contributed by atoms with E-state index in [0.717, 1.165) is 37.5 Å². The Morgan fingerprint density at radius 3 is 2.56 bits per heavy atom. The summed E-state index contributed by atoms with van der Waals surface area (Å²) in [5.74, 6) is 1.28. The van der Waals surface area contributed by atoms with Crippen molar-refractivity contribution in [2.45, 2.75) is 64.1 Å². The Labute approximate surface area is 230 Å². The molecule has 10 nitrogen and oxygen atoms in total. The first kappa shape index (κ1) is 28.5. The van der Waals surface area contributed by atoms with Crippen LogP contribution in [0.25, 0.3) is 0 Å². The van der Waals surface area contributed by atoms with E-state index in [4.69, 9.17) is 14.2 Å². The van der Waals surface area contributed by atoms with Gasteiger partial charge in [0.05, 0.1) is 19.1 Å². The fourth-order valence-electron chi connectivity index (χ4n) is 4.99. The van der Waals surface area contributed by atoms with Crippen LogP contribution in [0.3, 0.4) is 0 Å². The minimum Gasteiger partial charge on any atom is -0.497 e. The molecule has 1 aliphatic carbocycles. The van der Waals surface area contributed by atoms with Crippen molar-refractivity contribution in [1.29, 1.82) is 0 Å². The van der Waals surface area contributed by atoms with Gasteiger partial charge in [-0.15, -0.1) is 0 Å². The number of anilines is 1. The molecular formula is C28H37N3O7S. The molecule has 2 aliphatic rings. The van der Waals surface area contributed by atoms with Crippen molar-refractivity contribution in [3.05, 3.63) is 48.0 Å². The SMILES string of the molecule is COc1cccc(CN(C(=O)CCCN(c2ccc3c(c2)OCO3)S(C)(=O)=O)C(C)C(=O)NC2CCCC2)c1. The van der Waals surface area contributed by atoms with Crippen LogP contribution in [0.5, 0.6) is 17.2 Å². The normalized spacial score (nSPS) is 15.6. The van der Waals surface area contributed by atoms with Crippen molar-refractivity contribution < 1.29 is 32.2 Å². The van der Waals surface area contributed by atoms with Crippen LogP contribution in [0.1, 0.15) is 51.0 Å². The average Bonchev–Trinajstić information content (AvgIpc) is 3.60. The van der Waals surface area contributed by atoms with E-state index in [1.807, 2.05) is 24.3 Å². The summed E-state index contributed by atoms with van der Waals surface area (Å²) in [5, 5.41) is 3.09. The van der Waals surface area contributed by atoms with Crippen molar-refractivity contribution in [3.63, 3.8) is 0 Å². The lowest BCUT2D eigenvalue weighted by Gasteiger charge is -2.30. The van der Waals surface area contributed by atoms with Crippen LogP contribution in [0.4, 0.5) is 5.69 Å². The summed E-state index contributed by atoms with van der Waals surface area (Å²) in [5.41, 5.74) is 1.27. The number of nitrogens with zero attached hydrogens (tertiary/aromatic N) is 2. The molecule has 2 amide bonds. The van der Waals surface area contributed by atoms with E-state index in [-0.39, 0.29) is 50.6 Å². The Kier molecular flexibility index (Phi) is 9.21. The van der Waals surface area contributed by atoms with Gasteiger partial charge in [-0.25, -0.2) is 8.42 Å². The third kappa shape index (κ3) is 7.35. The first-order valence-corrected chi connectivity index (χ1v) is 15.1. The van der Waals surface area contributed by atoms with Crippen LogP contribution < -0.4 is 23.8 Å². The fraction of sp³-hybridized carbons (Fsp3) is 0.500. The van der Waals surface area contributed by atoms with Gasteiger partial charge in [-0.3, -0.25) is 13.9 Å². The van der Waals surface area contributed by atoms with Crippen molar-refractivity contribution in [2.75, 3.05) is 31.0 Å². The van der Waals surface area contributed by atoms with Gasteiger partial charge in [-0.1, -0.05) is 25.0 Å². The predicted molar refractivity (Wildman–Crippen MR) is 147 cm³/mol. The summed E-state index contributed by atoms with van der Waals surface area (Å²) in [7, 11) is -2.04. The Bertz CT molecular complexity index is 1280. The highest BCUT2D eigenvalue weighted by Gasteiger charge is 2.29. The third-order valence-electron chi connectivity index (χ3n) is 7.15. The number of hydrogen-bond donors (Lipinski definition) is 1.